The maximum Gasteiger partial charge on any atom is 0.256 e. The summed E-state index contributed by atoms with van der Waals surface area (Å²) in [6.45, 7) is 2.66. The number of amides is 2. The molecular formula is C19H19ClN2O3. The molecule has 1 aliphatic rings. The van der Waals surface area contributed by atoms with Gasteiger partial charge < -0.3 is 10.1 Å². The SMILES string of the molecule is CCCOc1ccc(N2C(=O)C[C@H](Nc3ccc(Cl)cc3)C2=O)cc1. The molecule has 6 heteroatoms. The highest BCUT2D eigenvalue weighted by molar-refractivity contribution is 6.30. The van der Waals surface area contributed by atoms with Gasteiger partial charge in [-0.1, -0.05) is 18.5 Å². The Morgan fingerprint density at radius 2 is 1.80 bits per heavy atom. The summed E-state index contributed by atoms with van der Waals surface area (Å²) >= 11 is 5.86. The van der Waals surface area contributed by atoms with Gasteiger partial charge in [0.1, 0.15) is 11.8 Å². The first-order chi connectivity index (χ1) is 12.1. The Morgan fingerprint density at radius 1 is 1.12 bits per heavy atom. The lowest BCUT2D eigenvalue weighted by Crippen LogP contribution is -2.34. The number of benzene rings is 2. The summed E-state index contributed by atoms with van der Waals surface area (Å²) in [5.41, 5.74) is 1.31. The van der Waals surface area contributed by atoms with Gasteiger partial charge in [0.15, 0.2) is 0 Å². The van der Waals surface area contributed by atoms with Crippen molar-refractivity contribution in [3.63, 3.8) is 0 Å². The van der Waals surface area contributed by atoms with E-state index in [-0.39, 0.29) is 18.2 Å². The molecule has 1 aliphatic heterocycles. The van der Waals surface area contributed by atoms with E-state index in [1.165, 1.54) is 4.90 Å². The Labute approximate surface area is 151 Å². The summed E-state index contributed by atoms with van der Waals surface area (Å²) in [4.78, 5) is 26.2. The lowest BCUT2D eigenvalue weighted by atomic mass is 10.2. The smallest absolute Gasteiger partial charge is 0.256 e. The second kappa shape index (κ2) is 7.57. The van der Waals surface area contributed by atoms with Crippen molar-refractivity contribution in [1.82, 2.24) is 0 Å². The predicted octanol–water partition coefficient (Wildman–Crippen LogP) is 3.87. The standard InChI is InChI=1S/C19H19ClN2O3/c1-2-11-25-16-9-7-15(8-10-16)22-18(23)12-17(19(22)24)21-14-5-3-13(20)4-6-14/h3-10,17,21H,2,11-12H2,1H3/t17-/m0/s1. The van der Waals surface area contributed by atoms with Crippen LogP contribution in [0.2, 0.25) is 5.02 Å². The first-order valence-corrected chi connectivity index (χ1v) is 8.58. The molecule has 3 rings (SSSR count). The van der Waals surface area contributed by atoms with Crippen molar-refractivity contribution in [3.8, 4) is 5.75 Å². The van der Waals surface area contributed by atoms with E-state index in [9.17, 15) is 9.59 Å². The highest BCUT2D eigenvalue weighted by atomic mass is 35.5. The van der Waals surface area contributed by atoms with Crippen LogP contribution in [0.4, 0.5) is 11.4 Å². The number of halogens is 1. The molecule has 1 heterocycles. The molecule has 130 valence electrons. The lowest BCUT2D eigenvalue weighted by Gasteiger charge is -2.16. The molecule has 1 fully saturated rings. The molecule has 0 aliphatic carbocycles. The van der Waals surface area contributed by atoms with Crippen molar-refractivity contribution in [2.24, 2.45) is 0 Å². The van der Waals surface area contributed by atoms with Crippen LogP contribution in [-0.4, -0.2) is 24.5 Å². The summed E-state index contributed by atoms with van der Waals surface area (Å²) in [5, 5.41) is 3.71. The molecule has 0 saturated carbocycles. The Morgan fingerprint density at radius 3 is 2.44 bits per heavy atom. The fraction of sp³-hybridized carbons (Fsp3) is 0.263. The van der Waals surface area contributed by atoms with Crippen molar-refractivity contribution in [2.75, 3.05) is 16.8 Å². The maximum atomic E-state index is 12.6. The number of imide groups is 1. The summed E-state index contributed by atoms with van der Waals surface area (Å²) < 4.78 is 5.52. The molecule has 25 heavy (non-hydrogen) atoms. The van der Waals surface area contributed by atoms with Crippen LogP contribution in [0.25, 0.3) is 0 Å². The van der Waals surface area contributed by atoms with E-state index in [2.05, 4.69) is 5.32 Å². The van der Waals surface area contributed by atoms with Gasteiger partial charge in [0, 0.05) is 10.7 Å². The van der Waals surface area contributed by atoms with E-state index in [1.807, 2.05) is 6.92 Å². The molecule has 1 N–H and O–H groups in total. The molecule has 2 aromatic carbocycles. The van der Waals surface area contributed by atoms with E-state index < -0.39 is 6.04 Å². The number of nitrogens with one attached hydrogen (secondary N) is 1. The van der Waals surface area contributed by atoms with E-state index in [1.54, 1.807) is 48.5 Å². The third kappa shape index (κ3) is 3.94. The van der Waals surface area contributed by atoms with Crippen LogP contribution in [0, 0.1) is 0 Å². The summed E-state index contributed by atoms with van der Waals surface area (Å²) in [6.07, 6.45) is 1.04. The molecule has 0 radical (unpaired) electrons. The number of carbonyl (C=O) groups is 2. The minimum atomic E-state index is -0.579. The molecule has 1 saturated heterocycles. The zero-order valence-corrected chi connectivity index (χ0v) is 14.6. The van der Waals surface area contributed by atoms with Crippen LogP contribution in [0.1, 0.15) is 19.8 Å². The molecule has 2 amide bonds. The molecule has 0 aromatic heterocycles. The number of nitrogens with zero attached hydrogens (tertiary/aromatic N) is 1. The second-order valence-corrected chi connectivity index (χ2v) is 6.25. The third-order valence-corrected chi connectivity index (χ3v) is 4.15. The number of hydrogen-bond donors (Lipinski definition) is 1. The van der Waals surface area contributed by atoms with Gasteiger partial charge >= 0.3 is 0 Å². The first-order valence-electron chi connectivity index (χ1n) is 8.20. The summed E-state index contributed by atoms with van der Waals surface area (Å²) in [5.74, 6) is 0.237. The van der Waals surface area contributed by atoms with Crippen molar-refractivity contribution in [1.29, 1.82) is 0 Å². The van der Waals surface area contributed by atoms with E-state index >= 15 is 0 Å². The Hall–Kier alpha value is -2.53. The molecule has 1 atom stereocenters. The minimum absolute atomic E-state index is 0.121. The largest absolute Gasteiger partial charge is 0.494 e. The average Bonchev–Trinajstić information content (AvgIpc) is 2.89. The van der Waals surface area contributed by atoms with Crippen LogP contribution >= 0.6 is 11.6 Å². The van der Waals surface area contributed by atoms with Gasteiger partial charge in [-0.2, -0.15) is 0 Å². The van der Waals surface area contributed by atoms with Crippen LogP contribution in [0.15, 0.2) is 48.5 Å². The van der Waals surface area contributed by atoms with Gasteiger partial charge in [-0.25, -0.2) is 4.90 Å². The number of carbonyl (C=O) groups excluding carboxylic acids is 2. The van der Waals surface area contributed by atoms with E-state index in [0.29, 0.717) is 17.3 Å². The van der Waals surface area contributed by atoms with Crippen molar-refractivity contribution >= 4 is 34.8 Å². The zero-order chi connectivity index (χ0) is 17.8. The fourth-order valence-corrected chi connectivity index (χ4v) is 2.80. The van der Waals surface area contributed by atoms with Crippen molar-refractivity contribution in [3.05, 3.63) is 53.6 Å². The van der Waals surface area contributed by atoms with Gasteiger partial charge in [-0.3, -0.25) is 9.59 Å². The first kappa shape index (κ1) is 17.3. The zero-order valence-electron chi connectivity index (χ0n) is 13.9. The lowest BCUT2D eigenvalue weighted by molar-refractivity contribution is -0.121. The second-order valence-electron chi connectivity index (χ2n) is 5.82. The van der Waals surface area contributed by atoms with E-state index in [4.69, 9.17) is 16.3 Å². The quantitative estimate of drug-likeness (QED) is 0.796. The fourth-order valence-electron chi connectivity index (χ4n) is 2.67. The highest BCUT2D eigenvalue weighted by Crippen LogP contribution is 2.27. The van der Waals surface area contributed by atoms with Gasteiger partial charge in [0.05, 0.1) is 18.7 Å². The Kier molecular flexibility index (Phi) is 5.24. The predicted molar refractivity (Wildman–Crippen MR) is 98.2 cm³/mol. The molecule has 0 unspecified atom stereocenters. The van der Waals surface area contributed by atoms with Crippen LogP contribution < -0.4 is 15.0 Å². The van der Waals surface area contributed by atoms with Gasteiger partial charge in [-0.15, -0.1) is 0 Å². The average molecular weight is 359 g/mol. The van der Waals surface area contributed by atoms with Gasteiger partial charge in [0.25, 0.3) is 5.91 Å². The van der Waals surface area contributed by atoms with Crippen molar-refractivity contribution in [2.45, 2.75) is 25.8 Å². The highest BCUT2D eigenvalue weighted by Gasteiger charge is 2.39. The van der Waals surface area contributed by atoms with Gasteiger partial charge in [-0.05, 0) is 55.0 Å². The topological polar surface area (TPSA) is 58.6 Å². The normalized spacial score (nSPS) is 17.0. The third-order valence-electron chi connectivity index (χ3n) is 3.90. The molecule has 0 spiro atoms. The summed E-state index contributed by atoms with van der Waals surface area (Å²) in [7, 11) is 0. The monoisotopic (exact) mass is 358 g/mol. The minimum Gasteiger partial charge on any atom is -0.494 e. The van der Waals surface area contributed by atoms with Crippen molar-refractivity contribution < 1.29 is 14.3 Å². The number of ether oxygens (including phenoxy) is 1. The molecule has 5 nitrogen and oxygen atoms in total. The summed E-state index contributed by atoms with van der Waals surface area (Å²) in [6, 6.07) is 13.4. The Bertz CT molecular complexity index is 759. The number of anilines is 2. The van der Waals surface area contributed by atoms with Crippen LogP contribution in [0.5, 0.6) is 5.75 Å². The molecular weight excluding hydrogens is 340 g/mol. The van der Waals surface area contributed by atoms with Crippen LogP contribution in [0.3, 0.4) is 0 Å². The number of rotatable bonds is 6. The molecule has 0 bridgehead atoms. The molecule has 2 aromatic rings. The number of hydrogen-bond acceptors (Lipinski definition) is 4. The van der Waals surface area contributed by atoms with Gasteiger partial charge in [0.2, 0.25) is 5.91 Å². The Balaban J connectivity index is 1.71. The maximum absolute atomic E-state index is 12.6. The van der Waals surface area contributed by atoms with Crippen LogP contribution in [-0.2, 0) is 9.59 Å². The van der Waals surface area contributed by atoms with E-state index in [0.717, 1.165) is 17.9 Å².